The second kappa shape index (κ2) is 6.30. The van der Waals surface area contributed by atoms with Crippen LogP contribution in [0.1, 0.15) is 35.4 Å². The van der Waals surface area contributed by atoms with Gasteiger partial charge in [0.15, 0.2) is 0 Å². The number of thiophene rings is 1. The van der Waals surface area contributed by atoms with E-state index in [9.17, 15) is 4.79 Å². The fraction of sp³-hybridized carbons (Fsp3) is 0.583. The van der Waals surface area contributed by atoms with Crippen molar-refractivity contribution in [2.24, 2.45) is 0 Å². The molecule has 1 aliphatic carbocycles. The van der Waals surface area contributed by atoms with Crippen molar-refractivity contribution in [1.29, 1.82) is 0 Å². The van der Waals surface area contributed by atoms with Crippen LogP contribution in [0.5, 0.6) is 0 Å². The van der Waals surface area contributed by atoms with Gasteiger partial charge in [0.25, 0.3) is 5.91 Å². The maximum Gasteiger partial charge on any atom is 0.261 e. The molecule has 0 saturated heterocycles. The highest BCUT2D eigenvalue weighted by Gasteiger charge is 2.14. The molecule has 1 N–H and O–H groups in total. The van der Waals surface area contributed by atoms with E-state index in [0.29, 0.717) is 0 Å². The first-order chi connectivity index (χ1) is 7.86. The number of carbonyl (C=O) groups excluding carboxylic acids is 1. The van der Waals surface area contributed by atoms with Crippen LogP contribution in [-0.2, 0) is 0 Å². The van der Waals surface area contributed by atoms with E-state index in [2.05, 4.69) is 5.32 Å². The van der Waals surface area contributed by atoms with Crippen molar-refractivity contribution < 1.29 is 4.79 Å². The molecule has 1 fully saturated rings. The van der Waals surface area contributed by atoms with E-state index in [0.717, 1.165) is 22.4 Å². The van der Waals surface area contributed by atoms with E-state index in [-0.39, 0.29) is 5.91 Å². The third kappa shape index (κ3) is 3.52. The Kier molecular flexibility index (Phi) is 4.72. The molecule has 1 amide bonds. The predicted molar refractivity (Wildman–Crippen MR) is 71.4 cm³/mol. The minimum Gasteiger partial charge on any atom is -0.351 e. The summed E-state index contributed by atoms with van der Waals surface area (Å²) in [5.41, 5.74) is 0. The van der Waals surface area contributed by atoms with Crippen LogP contribution in [-0.4, -0.2) is 23.5 Å². The van der Waals surface area contributed by atoms with Gasteiger partial charge in [-0.3, -0.25) is 4.79 Å². The first-order valence-electron chi connectivity index (χ1n) is 5.79. The zero-order valence-corrected chi connectivity index (χ0v) is 10.9. The second-order valence-corrected chi connectivity index (χ2v) is 6.37. The average Bonchev–Trinajstić information content (AvgIpc) is 2.96. The summed E-state index contributed by atoms with van der Waals surface area (Å²) in [6.07, 6.45) is 5.51. The summed E-state index contributed by atoms with van der Waals surface area (Å²) >= 11 is 3.51. The maximum atomic E-state index is 11.6. The van der Waals surface area contributed by atoms with Crippen LogP contribution >= 0.6 is 23.1 Å². The number of carbonyl (C=O) groups is 1. The number of thioether (sulfide) groups is 1. The maximum absolute atomic E-state index is 11.6. The average molecular weight is 255 g/mol. The van der Waals surface area contributed by atoms with Crippen LogP contribution in [0.2, 0.25) is 0 Å². The molecule has 0 bridgehead atoms. The van der Waals surface area contributed by atoms with Gasteiger partial charge in [-0.25, -0.2) is 0 Å². The minimum absolute atomic E-state index is 0.0713. The Morgan fingerprint density at radius 2 is 2.31 bits per heavy atom. The normalized spacial score (nSPS) is 16.5. The minimum atomic E-state index is 0.0713. The Bertz CT molecular complexity index is 318. The van der Waals surface area contributed by atoms with Crippen LogP contribution in [0.4, 0.5) is 0 Å². The third-order valence-corrected chi connectivity index (χ3v) is 5.04. The molecule has 1 aromatic rings. The van der Waals surface area contributed by atoms with Crippen molar-refractivity contribution in [3.8, 4) is 0 Å². The van der Waals surface area contributed by atoms with Crippen molar-refractivity contribution >= 4 is 29.0 Å². The van der Waals surface area contributed by atoms with Crippen LogP contribution < -0.4 is 5.32 Å². The van der Waals surface area contributed by atoms with E-state index in [1.165, 1.54) is 37.0 Å². The van der Waals surface area contributed by atoms with Gasteiger partial charge in [0, 0.05) is 17.5 Å². The summed E-state index contributed by atoms with van der Waals surface area (Å²) in [6.45, 7) is 0.790. The smallest absolute Gasteiger partial charge is 0.261 e. The SMILES string of the molecule is O=C(NCCSC1CCCC1)c1cccs1. The van der Waals surface area contributed by atoms with Gasteiger partial charge in [0.2, 0.25) is 0 Å². The molecule has 1 aliphatic rings. The Balaban J connectivity index is 1.59. The topological polar surface area (TPSA) is 29.1 Å². The largest absolute Gasteiger partial charge is 0.351 e. The predicted octanol–water partition coefficient (Wildman–Crippen LogP) is 3.15. The summed E-state index contributed by atoms with van der Waals surface area (Å²) in [5, 5.41) is 5.74. The van der Waals surface area contributed by atoms with E-state index in [1.807, 2.05) is 29.3 Å². The Morgan fingerprint density at radius 3 is 3.00 bits per heavy atom. The quantitative estimate of drug-likeness (QED) is 0.819. The van der Waals surface area contributed by atoms with Crippen molar-refractivity contribution in [3.63, 3.8) is 0 Å². The van der Waals surface area contributed by atoms with Gasteiger partial charge in [0.1, 0.15) is 0 Å². The van der Waals surface area contributed by atoms with Crippen molar-refractivity contribution in [2.45, 2.75) is 30.9 Å². The molecule has 0 aliphatic heterocycles. The monoisotopic (exact) mass is 255 g/mol. The first-order valence-corrected chi connectivity index (χ1v) is 7.72. The molecule has 1 saturated carbocycles. The Morgan fingerprint density at radius 1 is 1.50 bits per heavy atom. The lowest BCUT2D eigenvalue weighted by Gasteiger charge is -2.08. The number of rotatable bonds is 5. The standard InChI is InChI=1S/C12H17NOS2/c14-12(11-6-3-8-16-11)13-7-9-15-10-4-1-2-5-10/h3,6,8,10H,1-2,4-5,7,9H2,(H,13,14). The summed E-state index contributed by atoms with van der Waals surface area (Å²) in [7, 11) is 0. The highest BCUT2D eigenvalue weighted by molar-refractivity contribution is 7.99. The summed E-state index contributed by atoms with van der Waals surface area (Å²) in [6, 6.07) is 3.77. The van der Waals surface area contributed by atoms with E-state index < -0.39 is 0 Å². The summed E-state index contributed by atoms with van der Waals surface area (Å²) in [5.74, 6) is 1.11. The second-order valence-electron chi connectivity index (χ2n) is 4.01. The lowest BCUT2D eigenvalue weighted by Crippen LogP contribution is -2.25. The molecule has 1 aromatic heterocycles. The van der Waals surface area contributed by atoms with Crippen LogP contribution in [0.3, 0.4) is 0 Å². The molecule has 4 heteroatoms. The Labute approximate surface area is 105 Å². The first kappa shape index (κ1) is 12.0. The van der Waals surface area contributed by atoms with Gasteiger partial charge < -0.3 is 5.32 Å². The number of hydrogen-bond donors (Lipinski definition) is 1. The Hall–Kier alpha value is -0.480. The molecule has 0 atom stereocenters. The van der Waals surface area contributed by atoms with Crippen molar-refractivity contribution in [3.05, 3.63) is 22.4 Å². The number of nitrogens with one attached hydrogen (secondary N) is 1. The van der Waals surface area contributed by atoms with Gasteiger partial charge in [-0.15, -0.1) is 11.3 Å². The summed E-state index contributed by atoms with van der Waals surface area (Å²) in [4.78, 5) is 12.4. The highest BCUT2D eigenvalue weighted by atomic mass is 32.2. The third-order valence-electron chi connectivity index (χ3n) is 2.79. The van der Waals surface area contributed by atoms with Crippen molar-refractivity contribution in [2.75, 3.05) is 12.3 Å². The lowest BCUT2D eigenvalue weighted by atomic mass is 10.4. The van der Waals surface area contributed by atoms with Gasteiger partial charge in [-0.1, -0.05) is 18.9 Å². The molecule has 2 rings (SSSR count). The number of hydrogen-bond acceptors (Lipinski definition) is 3. The van der Waals surface area contributed by atoms with Crippen molar-refractivity contribution in [1.82, 2.24) is 5.32 Å². The van der Waals surface area contributed by atoms with E-state index in [1.54, 1.807) is 0 Å². The molecular weight excluding hydrogens is 238 g/mol. The zero-order chi connectivity index (χ0) is 11.2. The molecule has 2 nitrogen and oxygen atoms in total. The molecule has 0 spiro atoms. The van der Waals surface area contributed by atoms with Gasteiger partial charge >= 0.3 is 0 Å². The molecule has 0 aromatic carbocycles. The molecule has 1 heterocycles. The fourth-order valence-electron chi connectivity index (χ4n) is 1.94. The summed E-state index contributed by atoms with van der Waals surface area (Å²) < 4.78 is 0. The molecule has 16 heavy (non-hydrogen) atoms. The van der Waals surface area contributed by atoms with E-state index in [4.69, 9.17) is 0 Å². The van der Waals surface area contributed by atoms with Crippen LogP contribution in [0.15, 0.2) is 17.5 Å². The zero-order valence-electron chi connectivity index (χ0n) is 9.28. The molecule has 0 unspecified atom stereocenters. The highest BCUT2D eigenvalue weighted by Crippen LogP contribution is 2.28. The van der Waals surface area contributed by atoms with Crippen LogP contribution in [0.25, 0.3) is 0 Å². The fourth-order valence-corrected chi connectivity index (χ4v) is 3.80. The molecular formula is C12H17NOS2. The van der Waals surface area contributed by atoms with Crippen LogP contribution in [0, 0.1) is 0 Å². The lowest BCUT2D eigenvalue weighted by molar-refractivity contribution is 0.0960. The van der Waals surface area contributed by atoms with E-state index >= 15 is 0 Å². The van der Waals surface area contributed by atoms with Gasteiger partial charge in [0.05, 0.1) is 4.88 Å². The van der Waals surface area contributed by atoms with Gasteiger partial charge in [-0.2, -0.15) is 11.8 Å². The number of amides is 1. The van der Waals surface area contributed by atoms with Gasteiger partial charge in [-0.05, 0) is 24.3 Å². The molecule has 88 valence electrons. The molecule has 0 radical (unpaired) electrons.